The summed E-state index contributed by atoms with van der Waals surface area (Å²) in [7, 11) is 1.55. The van der Waals surface area contributed by atoms with Crippen molar-refractivity contribution in [3.8, 4) is 5.75 Å². The number of amides is 1. The van der Waals surface area contributed by atoms with Crippen molar-refractivity contribution in [1.29, 1.82) is 0 Å². The second-order valence-corrected chi connectivity index (χ2v) is 9.68. The molecule has 0 aliphatic carbocycles. The van der Waals surface area contributed by atoms with Gasteiger partial charge in [0, 0.05) is 24.2 Å². The first-order valence-corrected chi connectivity index (χ1v) is 13.0. The first-order valence-electron chi connectivity index (χ1n) is 13.0. The third kappa shape index (κ3) is 5.35. The number of carbonyl (C=O) groups is 1. The Balaban J connectivity index is 1.38. The monoisotopic (exact) mass is 510 g/mol. The van der Waals surface area contributed by atoms with E-state index in [4.69, 9.17) is 10.5 Å². The second kappa shape index (κ2) is 11.0. The number of carbonyl (C=O) groups excluding carboxylic acids is 1. The fourth-order valence-electron chi connectivity index (χ4n) is 5.00. The van der Waals surface area contributed by atoms with E-state index in [2.05, 4.69) is 63.6 Å². The molecule has 5 rings (SSSR count). The number of nitrogens with two attached hydrogens (primary N) is 1. The van der Waals surface area contributed by atoms with Crippen molar-refractivity contribution in [2.45, 2.75) is 26.7 Å². The number of hydrogen-bond acceptors (Lipinski definition) is 6. The Bertz CT molecular complexity index is 1510. The van der Waals surface area contributed by atoms with Gasteiger partial charge < -0.3 is 26.1 Å². The summed E-state index contributed by atoms with van der Waals surface area (Å²) in [5, 5.41) is 7.78. The minimum Gasteiger partial charge on any atom is -0.497 e. The van der Waals surface area contributed by atoms with Crippen molar-refractivity contribution in [2.24, 2.45) is 5.73 Å². The summed E-state index contributed by atoms with van der Waals surface area (Å²) in [6.07, 6.45) is 8.17. The Labute approximate surface area is 222 Å². The number of aryl methyl sites for hydroxylation is 1. The third-order valence-electron chi connectivity index (χ3n) is 6.94. The SMILES string of the molecule is CCCN1CCC=C(c2ccc(Nc3cc4c(Nc5ccc(OC)cc5C(N)=O)cncc4[nH]3)c(C)c2)C1. The Hall–Kier alpha value is -4.30. The number of pyridine rings is 1. The maximum Gasteiger partial charge on any atom is 0.250 e. The summed E-state index contributed by atoms with van der Waals surface area (Å²) in [4.78, 5) is 22.3. The molecule has 1 aliphatic heterocycles. The molecule has 196 valence electrons. The highest BCUT2D eigenvalue weighted by Crippen LogP contribution is 2.33. The molecule has 4 aromatic rings. The standard InChI is InChI=1S/C30H34N6O2/c1-4-11-36-12-5-6-21(18-36)20-7-9-25(19(2)13-20)34-29-15-23-27(16-32-17-28(23)35-29)33-26-10-8-22(38-3)14-24(26)30(31)37/h6-10,13-17,33-35H,4-5,11-12,18H2,1-3H3,(H2,31,37). The summed E-state index contributed by atoms with van der Waals surface area (Å²) in [5.41, 5.74) is 13.1. The highest BCUT2D eigenvalue weighted by Gasteiger charge is 2.15. The molecule has 0 bridgehead atoms. The van der Waals surface area contributed by atoms with Gasteiger partial charge in [0.15, 0.2) is 0 Å². The quantitative estimate of drug-likeness (QED) is 0.221. The van der Waals surface area contributed by atoms with E-state index in [1.165, 1.54) is 23.1 Å². The van der Waals surface area contributed by atoms with Crippen LogP contribution in [0.4, 0.5) is 22.9 Å². The Kier molecular flexibility index (Phi) is 7.33. The zero-order valence-electron chi connectivity index (χ0n) is 22.1. The molecular formula is C30H34N6O2. The Morgan fingerprint density at radius 1 is 1.11 bits per heavy atom. The van der Waals surface area contributed by atoms with Crippen LogP contribution in [0.2, 0.25) is 0 Å². The first kappa shape index (κ1) is 25.4. The van der Waals surface area contributed by atoms with Crippen molar-refractivity contribution in [2.75, 3.05) is 37.4 Å². The van der Waals surface area contributed by atoms with Crippen molar-refractivity contribution in [3.05, 3.63) is 77.6 Å². The number of fused-ring (bicyclic) bond motifs is 1. The van der Waals surface area contributed by atoms with Gasteiger partial charge in [-0.05, 0) is 79.4 Å². The van der Waals surface area contributed by atoms with E-state index < -0.39 is 5.91 Å². The van der Waals surface area contributed by atoms with Crippen LogP contribution >= 0.6 is 0 Å². The molecule has 8 heteroatoms. The molecule has 1 amide bonds. The zero-order chi connectivity index (χ0) is 26.6. The fourth-order valence-corrected chi connectivity index (χ4v) is 5.00. The van der Waals surface area contributed by atoms with Gasteiger partial charge in [-0.3, -0.25) is 14.7 Å². The number of hydrogen-bond donors (Lipinski definition) is 4. The largest absolute Gasteiger partial charge is 0.497 e. The number of rotatable bonds is 9. The molecule has 0 spiro atoms. The van der Waals surface area contributed by atoms with Gasteiger partial charge in [-0.15, -0.1) is 0 Å². The van der Waals surface area contributed by atoms with E-state index >= 15 is 0 Å². The molecule has 0 unspecified atom stereocenters. The van der Waals surface area contributed by atoms with Crippen LogP contribution in [0.25, 0.3) is 16.5 Å². The van der Waals surface area contributed by atoms with Crippen LogP contribution in [0.3, 0.4) is 0 Å². The van der Waals surface area contributed by atoms with Gasteiger partial charge in [-0.25, -0.2) is 0 Å². The van der Waals surface area contributed by atoms with Gasteiger partial charge >= 0.3 is 0 Å². The number of nitrogens with zero attached hydrogens (tertiary/aromatic N) is 2. The lowest BCUT2D eigenvalue weighted by Crippen LogP contribution is -2.30. The molecule has 5 N–H and O–H groups in total. The molecule has 1 aliphatic rings. The topological polar surface area (TPSA) is 108 Å². The lowest BCUT2D eigenvalue weighted by molar-refractivity contribution is 0.100. The minimum atomic E-state index is -0.538. The number of anilines is 4. The van der Waals surface area contributed by atoms with Crippen LogP contribution in [0.5, 0.6) is 5.75 Å². The normalized spacial score (nSPS) is 13.8. The Morgan fingerprint density at radius 2 is 1.95 bits per heavy atom. The summed E-state index contributed by atoms with van der Waals surface area (Å²) < 4.78 is 5.24. The van der Waals surface area contributed by atoms with Gasteiger partial charge in [0.25, 0.3) is 5.91 Å². The molecule has 38 heavy (non-hydrogen) atoms. The molecular weight excluding hydrogens is 476 g/mol. The van der Waals surface area contributed by atoms with Crippen molar-refractivity contribution < 1.29 is 9.53 Å². The van der Waals surface area contributed by atoms with Crippen LogP contribution in [-0.2, 0) is 0 Å². The van der Waals surface area contributed by atoms with Crippen molar-refractivity contribution >= 4 is 45.3 Å². The molecule has 2 aromatic carbocycles. The van der Waals surface area contributed by atoms with Gasteiger partial charge in [0.2, 0.25) is 0 Å². The number of aromatic amines is 1. The van der Waals surface area contributed by atoms with E-state index in [1.807, 2.05) is 6.07 Å². The van der Waals surface area contributed by atoms with E-state index in [0.29, 0.717) is 17.0 Å². The van der Waals surface area contributed by atoms with E-state index in [1.54, 1.807) is 37.7 Å². The van der Waals surface area contributed by atoms with Crippen LogP contribution in [0.15, 0.2) is 60.9 Å². The predicted octanol–water partition coefficient (Wildman–Crippen LogP) is 5.97. The predicted molar refractivity (Wildman–Crippen MR) is 155 cm³/mol. The van der Waals surface area contributed by atoms with Gasteiger partial charge in [0.1, 0.15) is 11.6 Å². The van der Waals surface area contributed by atoms with E-state index in [-0.39, 0.29) is 0 Å². The summed E-state index contributed by atoms with van der Waals surface area (Å²) >= 11 is 0. The first-order chi connectivity index (χ1) is 18.4. The average molecular weight is 511 g/mol. The molecule has 0 saturated carbocycles. The summed E-state index contributed by atoms with van der Waals surface area (Å²) in [6, 6.07) is 13.8. The lowest BCUT2D eigenvalue weighted by atomic mass is 9.98. The number of methoxy groups -OCH3 is 1. The third-order valence-corrected chi connectivity index (χ3v) is 6.94. The van der Waals surface area contributed by atoms with Crippen LogP contribution < -0.4 is 21.1 Å². The fraction of sp³-hybridized carbons (Fsp3) is 0.267. The smallest absolute Gasteiger partial charge is 0.250 e. The number of nitrogens with one attached hydrogen (secondary N) is 3. The molecule has 0 atom stereocenters. The highest BCUT2D eigenvalue weighted by molar-refractivity contribution is 6.02. The van der Waals surface area contributed by atoms with Crippen molar-refractivity contribution in [3.63, 3.8) is 0 Å². The van der Waals surface area contributed by atoms with Crippen LogP contribution in [-0.4, -0.2) is 47.5 Å². The minimum absolute atomic E-state index is 0.344. The molecule has 3 heterocycles. The molecule has 0 radical (unpaired) electrons. The number of ether oxygens (including phenoxy) is 1. The maximum atomic E-state index is 12.0. The molecule has 2 aromatic heterocycles. The van der Waals surface area contributed by atoms with Crippen LogP contribution in [0, 0.1) is 6.92 Å². The van der Waals surface area contributed by atoms with Crippen molar-refractivity contribution in [1.82, 2.24) is 14.9 Å². The number of aromatic nitrogens is 2. The van der Waals surface area contributed by atoms with Gasteiger partial charge in [0.05, 0.1) is 42.0 Å². The second-order valence-electron chi connectivity index (χ2n) is 9.68. The molecule has 0 fully saturated rings. The molecule has 0 saturated heterocycles. The summed E-state index contributed by atoms with van der Waals surface area (Å²) in [5.74, 6) is 0.875. The van der Waals surface area contributed by atoms with E-state index in [9.17, 15) is 4.79 Å². The number of benzene rings is 2. The highest BCUT2D eigenvalue weighted by atomic mass is 16.5. The van der Waals surface area contributed by atoms with Gasteiger partial charge in [-0.2, -0.15) is 0 Å². The maximum absolute atomic E-state index is 12.0. The number of primary amides is 1. The Morgan fingerprint density at radius 3 is 2.71 bits per heavy atom. The zero-order valence-corrected chi connectivity index (χ0v) is 22.1. The molecule has 8 nitrogen and oxygen atoms in total. The van der Waals surface area contributed by atoms with E-state index in [0.717, 1.165) is 54.2 Å². The van der Waals surface area contributed by atoms with Crippen LogP contribution in [0.1, 0.15) is 41.3 Å². The lowest BCUT2D eigenvalue weighted by Gasteiger charge is -2.27. The number of H-pyrrole nitrogens is 1. The van der Waals surface area contributed by atoms with Gasteiger partial charge in [-0.1, -0.05) is 19.1 Å². The summed E-state index contributed by atoms with van der Waals surface area (Å²) in [6.45, 7) is 7.66. The average Bonchev–Trinajstić information content (AvgIpc) is 3.34.